The summed E-state index contributed by atoms with van der Waals surface area (Å²) in [4.78, 5) is 24.7. The molecule has 0 bridgehead atoms. The number of carbonyl (C=O) groups is 2. The maximum absolute atomic E-state index is 11.8. The van der Waals surface area contributed by atoms with Crippen molar-refractivity contribution in [1.29, 1.82) is 0 Å². The van der Waals surface area contributed by atoms with E-state index in [0.29, 0.717) is 31.6 Å². The number of amides is 2. The normalized spacial score (nSPS) is 26.8. The molecule has 0 saturated carbocycles. The van der Waals surface area contributed by atoms with Crippen molar-refractivity contribution in [2.24, 2.45) is 5.92 Å². The minimum Gasteiger partial charge on any atom is -0.355 e. The lowest BCUT2D eigenvalue weighted by molar-refractivity contribution is -0.122. The molecule has 0 spiro atoms. The molecule has 2 atom stereocenters. The number of nitrogens with zero attached hydrogens (tertiary/aromatic N) is 1. The summed E-state index contributed by atoms with van der Waals surface area (Å²) in [5.74, 6) is 0.689. The summed E-state index contributed by atoms with van der Waals surface area (Å²) in [6, 6.07) is 0.570. The van der Waals surface area contributed by atoms with E-state index in [1.54, 1.807) is 0 Å². The number of carbonyl (C=O) groups excluding carboxylic acids is 2. The fourth-order valence-electron chi connectivity index (χ4n) is 2.96. The molecule has 0 aromatic rings. The Kier molecular flexibility index (Phi) is 5.15. The topological polar surface area (TPSA) is 73.5 Å². The van der Waals surface area contributed by atoms with Crippen LogP contribution in [0, 0.1) is 5.92 Å². The molecule has 3 N–H and O–H groups in total. The number of hydrogen-bond acceptors (Lipinski definition) is 4. The van der Waals surface area contributed by atoms with Crippen molar-refractivity contribution in [3.8, 4) is 0 Å². The van der Waals surface area contributed by atoms with E-state index in [2.05, 4.69) is 20.9 Å². The molecule has 0 unspecified atom stereocenters. The Morgan fingerprint density at radius 1 is 1.26 bits per heavy atom. The molecule has 2 fully saturated rings. The third-order valence-electron chi connectivity index (χ3n) is 3.86. The van der Waals surface area contributed by atoms with E-state index >= 15 is 0 Å². The molecule has 6 nitrogen and oxygen atoms in total. The zero-order valence-electron chi connectivity index (χ0n) is 11.6. The van der Waals surface area contributed by atoms with Gasteiger partial charge in [0.05, 0.1) is 6.54 Å². The molecule has 2 amide bonds. The maximum atomic E-state index is 11.8. The highest BCUT2D eigenvalue weighted by Gasteiger charge is 2.34. The Morgan fingerprint density at radius 3 is 2.79 bits per heavy atom. The third kappa shape index (κ3) is 4.47. The van der Waals surface area contributed by atoms with Crippen molar-refractivity contribution < 1.29 is 9.59 Å². The number of piperidine rings is 1. The molecule has 2 rings (SSSR count). The highest BCUT2D eigenvalue weighted by molar-refractivity contribution is 5.78. The van der Waals surface area contributed by atoms with E-state index in [0.717, 1.165) is 19.6 Å². The monoisotopic (exact) mass is 268 g/mol. The predicted octanol–water partition coefficient (Wildman–Crippen LogP) is -1.08. The Hall–Kier alpha value is -1.14. The predicted molar refractivity (Wildman–Crippen MR) is 72.6 cm³/mol. The van der Waals surface area contributed by atoms with E-state index in [9.17, 15) is 9.59 Å². The first-order valence-corrected chi connectivity index (χ1v) is 7.12. The number of likely N-dealkylation sites (tertiary alicyclic amines) is 1. The molecule has 2 saturated heterocycles. The third-order valence-corrected chi connectivity index (χ3v) is 3.86. The van der Waals surface area contributed by atoms with Crippen LogP contribution < -0.4 is 16.0 Å². The van der Waals surface area contributed by atoms with Gasteiger partial charge in [-0.1, -0.05) is 0 Å². The summed E-state index contributed by atoms with van der Waals surface area (Å²) >= 11 is 0. The summed E-state index contributed by atoms with van der Waals surface area (Å²) in [5, 5.41) is 9.02. The van der Waals surface area contributed by atoms with Gasteiger partial charge in [0.25, 0.3) is 0 Å². The van der Waals surface area contributed by atoms with E-state index < -0.39 is 0 Å². The zero-order valence-corrected chi connectivity index (χ0v) is 11.6. The molecule has 2 heterocycles. The molecule has 6 heteroatoms. The highest BCUT2D eigenvalue weighted by Crippen LogP contribution is 2.24. The number of nitrogens with one attached hydrogen (secondary N) is 3. The summed E-state index contributed by atoms with van der Waals surface area (Å²) < 4.78 is 0. The van der Waals surface area contributed by atoms with Crippen molar-refractivity contribution in [2.45, 2.75) is 25.8 Å². The molecular weight excluding hydrogens is 244 g/mol. The Bertz CT molecular complexity index is 321. The fourth-order valence-corrected chi connectivity index (χ4v) is 2.96. The first-order valence-electron chi connectivity index (χ1n) is 7.12. The molecule has 19 heavy (non-hydrogen) atoms. The summed E-state index contributed by atoms with van der Waals surface area (Å²) in [6.45, 7) is 6.04. The van der Waals surface area contributed by atoms with Gasteiger partial charge in [-0.2, -0.15) is 0 Å². The van der Waals surface area contributed by atoms with E-state index in [1.165, 1.54) is 19.8 Å². The lowest BCUT2D eigenvalue weighted by Crippen LogP contribution is -2.42. The van der Waals surface area contributed by atoms with Crippen molar-refractivity contribution in [2.75, 3.05) is 39.3 Å². The Morgan fingerprint density at radius 2 is 2.05 bits per heavy atom. The van der Waals surface area contributed by atoms with Crippen LogP contribution in [0.5, 0.6) is 0 Å². The molecule has 0 aliphatic carbocycles. The average molecular weight is 268 g/mol. The van der Waals surface area contributed by atoms with Gasteiger partial charge >= 0.3 is 0 Å². The van der Waals surface area contributed by atoms with Crippen LogP contribution in [0.25, 0.3) is 0 Å². The number of fused-ring (bicyclic) bond motifs is 1. The standard InChI is InChI=1S/C13H24N4O2/c1-10(18)14-5-6-16-13(19)9-17-7-11-3-2-4-15-12(11)8-17/h11-12,15H,2-9H2,1H3,(H,14,18)(H,16,19)/t11-,12+/m0/s1. The van der Waals surface area contributed by atoms with E-state index in [-0.39, 0.29) is 11.8 Å². The van der Waals surface area contributed by atoms with Crippen LogP contribution in [0.4, 0.5) is 0 Å². The van der Waals surface area contributed by atoms with Crippen LogP contribution in [-0.2, 0) is 9.59 Å². The number of rotatable bonds is 5. The van der Waals surface area contributed by atoms with Crippen LogP contribution in [0.1, 0.15) is 19.8 Å². The molecule has 2 aliphatic rings. The van der Waals surface area contributed by atoms with Gasteiger partial charge in [0.1, 0.15) is 0 Å². The first-order chi connectivity index (χ1) is 9.15. The second-order valence-corrected chi connectivity index (χ2v) is 5.49. The maximum Gasteiger partial charge on any atom is 0.234 e. The molecule has 0 aromatic heterocycles. The minimum atomic E-state index is -0.0658. The second kappa shape index (κ2) is 6.86. The van der Waals surface area contributed by atoms with E-state index in [1.807, 2.05) is 0 Å². The first kappa shape index (κ1) is 14.3. The SMILES string of the molecule is CC(=O)NCCNC(=O)CN1C[C@@H]2CCCN[C@@H]2C1. The van der Waals surface area contributed by atoms with Gasteiger partial charge in [0, 0.05) is 39.1 Å². The summed E-state index contributed by atoms with van der Waals surface area (Å²) in [7, 11) is 0. The lowest BCUT2D eigenvalue weighted by atomic mass is 9.94. The largest absolute Gasteiger partial charge is 0.355 e. The van der Waals surface area contributed by atoms with Gasteiger partial charge in [0.2, 0.25) is 11.8 Å². The van der Waals surface area contributed by atoms with Crippen molar-refractivity contribution >= 4 is 11.8 Å². The highest BCUT2D eigenvalue weighted by atomic mass is 16.2. The average Bonchev–Trinajstić information content (AvgIpc) is 2.76. The van der Waals surface area contributed by atoms with Crippen molar-refractivity contribution in [1.82, 2.24) is 20.9 Å². The molecular formula is C13H24N4O2. The van der Waals surface area contributed by atoms with Crippen molar-refractivity contribution in [3.05, 3.63) is 0 Å². The lowest BCUT2D eigenvalue weighted by Gasteiger charge is -2.24. The van der Waals surface area contributed by atoms with Gasteiger partial charge in [-0.05, 0) is 25.3 Å². The van der Waals surface area contributed by atoms with Gasteiger partial charge in [-0.15, -0.1) is 0 Å². The summed E-state index contributed by atoms with van der Waals surface area (Å²) in [6.07, 6.45) is 2.52. The van der Waals surface area contributed by atoms with Gasteiger partial charge < -0.3 is 16.0 Å². The van der Waals surface area contributed by atoms with E-state index in [4.69, 9.17) is 0 Å². The molecule has 0 aromatic carbocycles. The Labute approximate surface area is 114 Å². The van der Waals surface area contributed by atoms with Crippen LogP contribution in [0.15, 0.2) is 0 Å². The molecule has 108 valence electrons. The van der Waals surface area contributed by atoms with Gasteiger partial charge in [-0.25, -0.2) is 0 Å². The molecule has 2 aliphatic heterocycles. The number of hydrogen-bond donors (Lipinski definition) is 3. The quantitative estimate of drug-likeness (QED) is 0.555. The summed E-state index contributed by atoms with van der Waals surface area (Å²) in [5.41, 5.74) is 0. The van der Waals surface area contributed by atoms with Crippen LogP contribution in [0.3, 0.4) is 0 Å². The zero-order chi connectivity index (χ0) is 13.7. The van der Waals surface area contributed by atoms with Crippen molar-refractivity contribution in [3.63, 3.8) is 0 Å². The van der Waals surface area contributed by atoms with Gasteiger partial charge in [-0.3, -0.25) is 14.5 Å². The smallest absolute Gasteiger partial charge is 0.234 e. The van der Waals surface area contributed by atoms with Crippen LogP contribution in [-0.4, -0.2) is 62.0 Å². The minimum absolute atomic E-state index is 0.0454. The molecule has 0 radical (unpaired) electrons. The second-order valence-electron chi connectivity index (χ2n) is 5.49. The van der Waals surface area contributed by atoms with Crippen LogP contribution in [0.2, 0.25) is 0 Å². The fraction of sp³-hybridized carbons (Fsp3) is 0.846. The van der Waals surface area contributed by atoms with Gasteiger partial charge in [0.15, 0.2) is 0 Å². The van der Waals surface area contributed by atoms with Crippen LogP contribution >= 0.6 is 0 Å². The Balaban J connectivity index is 1.62.